The van der Waals surface area contributed by atoms with Crippen molar-refractivity contribution in [1.29, 1.82) is 10.5 Å². The van der Waals surface area contributed by atoms with Crippen molar-refractivity contribution >= 4 is 10.0 Å². The highest BCUT2D eigenvalue weighted by atomic mass is 32.2. The summed E-state index contributed by atoms with van der Waals surface area (Å²) in [7, 11) is -3.51. The monoisotopic (exact) mass is 303 g/mol. The minimum absolute atomic E-state index is 0.0481. The smallest absolute Gasteiger partial charge is 0.212 e. The number of benzene rings is 1. The fourth-order valence-electron chi connectivity index (χ4n) is 2.69. The molecule has 0 bridgehead atoms. The van der Waals surface area contributed by atoms with Crippen molar-refractivity contribution in [3.8, 4) is 12.1 Å². The highest BCUT2D eigenvalue weighted by Gasteiger charge is 2.31. The number of hydrogen-bond donors (Lipinski definition) is 0. The Kier molecular flexibility index (Phi) is 4.95. The van der Waals surface area contributed by atoms with E-state index in [4.69, 9.17) is 10.5 Å². The number of hydrogen-bond acceptors (Lipinski definition) is 4. The predicted octanol–water partition coefficient (Wildman–Crippen LogP) is 2.16. The summed E-state index contributed by atoms with van der Waals surface area (Å²) < 4.78 is 26.4. The van der Waals surface area contributed by atoms with Crippen molar-refractivity contribution in [1.82, 2.24) is 4.31 Å². The van der Waals surface area contributed by atoms with Crippen molar-refractivity contribution in [3.63, 3.8) is 0 Å². The molecular weight excluding hydrogens is 286 g/mol. The van der Waals surface area contributed by atoms with Crippen molar-refractivity contribution in [2.24, 2.45) is 0 Å². The van der Waals surface area contributed by atoms with Crippen LogP contribution in [0, 0.1) is 22.7 Å². The van der Waals surface area contributed by atoms with Crippen LogP contribution in [0.4, 0.5) is 0 Å². The SMILES string of the molecule is N#CCN(C1CCCC1)S(=O)(=O)Cc1ccc(C#N)cc1. The van der Waals surface area contributed by atoms with Gasteiger partial charge in [-0.15, -0.1) is 0 Å². The van der Waals surface area contributed by atoms with Crippen LogP contribution in [0.5, 0.6) is 0 Å². The molecule has 110 valence electrons. The molecule has 0 amide bonds. The molecule has 0 unspecified atom stereocenters. The Morgan fingerprint density at radius 2 is 1.76 bits per heavy atom. The molecule has 1 aliphatic carbocycles. The molecular formula is C15H17N3O2S. The van der Waals surface area contributed by atoms with Gasteiger partial charge in [-0.1, -0.05) is 25.0 Å². The van der Waals surface area contributed by atoms with Gasteiger partial charge in [0.2, 0.25) is 10.0 Å². The van der Waals surface area contributed by atoms with E-state index in [1.807, 2.05) is 12.1 Å². The first-order valence-electron chi connectivity index (χ1n) is 6.92. The predicted molar refractivity (Wildman–Crippen MR) is 78.4 cm³/mol. The lowest BCUT2D eigenvalue weighted by atomic mass is 10.2. The molecule has 6 heteroatoms. The Bertz CT molecular complexity index is 662. The van der Waals surface area contributed by atoms with Gasteiger partial charge in [0.25, 0.3) is 0 Å². The van der Waals surface area contributed by atoms with Gasteiger partial charge in [0.05, 0.1) is 23.5 Å². The van der Waals surface area contributed by atoms with Gasteiger partial charge in [-0.2, -0.15) is 14.8 Å². The molecule has 0 radical (unpaired) electrons. The third kappa shape index (κ3) is 3.81. The maximum Gasteiger partial charge on any atom is 0.219 e. The molecule has 0 heterocycles. The van der Waals surface area contributed by atoms with Gasteiger partial charge in [0.1, 0.15) is 6.54 Å². The summed E-state index contributed by atoms with van der Waals surface area (Å²) in [5, 5.41) is 17.7. The van der Waals surface area contributed by atoms with E-state index in [2.05, 4.69) is 0 Å². The van der Waals surface area contributed by atoms with Gasteiger partial charge in [-0.3, -0.25) is 0 Å². The van der Waals surface area contributed by atoms with Gasteiger partial charge in [0.15, 0.2) is 0 Å². The first-order valence-corrected chi connectivity index (χ1v) is 8.53. The average molecular weight is 303 g/mol. The summed E-state index contributed by atoms with van der Waals surface area (Å²) in [6.07, 6.45) is 3.68. The van der Waals surface area contributed by atoms with E-state index in [0.717, 1.165) is 25.7 Å². The summed E-state index contributed by atoms with van der Waals surface area (Å²) in [6, 6.07) is 10.4. The third-order valence-electron chi connectivity index (χ3n) is 3.75. The van der Waals surface area contributed by atoms with E-state index < -0.39 is 10.0 Å². The normalized spacial score (nSPS) is 15.8. The largest absolute Gasteiger partial charge is 0.219 e. The van der Waals surface area contributed by atoms with Gasteiger partial charge >= 0.3 is 0 Å². The van der Waals surface area contributed by atoms with E-state index in [-0.39, 0.29) is 18.3 Å². The molecule has 1 aromatic carbocycles. The molecule has 0 spiro atoms. The van der Waals surface area contributed by atoms with Gasteiger partial charge in [0, 0.05) is 6.04 Å². The van der Waals surface area contributed by atoms with Crippen LogP contribution in [0.25, 0.3) is 0 Å². The van der Waals surface area contributed by atoms with E-state index in [0.29, 0.717) is 11.1 Å². The van der Waals surface area contributed by atoms with E-state index in [1.54, 1.807) is 24.3 Å². The summed E-state index contributed by atoms with van der Waals surface area (Å²) in [5.74, 6) is -0.128. The lowest BCUT2D eigenvalue weighted by Crippen LogP contribution is -2.39. The fraction of sp³-hybridized carbons (Fsp3) is 0.467. The first kappa shape index (κ1) is 15.5. The maximum atomic E-state index is 12.5. The molecule has 21 heavy (non-hydrogen) atoms. The van der Waals surface area contributed by atoms with Crippen LogP contribution in [0.3, 0.4) is 0 Å². The Morgan fingerprint density at radius 3 is 2.29 bits per heavy atom. The molecule has 0 aliphatic heterocycles. The maximum absolute atomic E-state index is 12.5. The standard InChI is InChI=1S/C15H17N3O2S/c16-9-10-18(15-3-1-2-4-15)21(19,20)12-14-7-5-13(11-17)6-8-14/h5-8,15H,1-4,10,12H2. The Labute approximate surface area is 125 Å². The zero-order chi connectivity index (χ0) is 15.3. The Morgan fingerprint density at radius 1 is 1.14 bits per heavy atom. The number of nitrogens with zero attached hydrogens (tertiary/aromatic N) is 3. The van der Waals surface area contributed by atoms with Crippen LogP contribution in [0.1, 0.15) is 36.8 Å². The van der Waals surface area contributed by atoms with Gasteiger partial charge in [-0.25, -0.2) is 8.42 Å². The minimum Gasteiger partial charge on any atom is -0.212 e. The lowest BCUT2D eigenvalue weighted by Gasteiger charge is -2.25. The molecule has 0 aromatic heterocycles. The number of nitriles is 2. The van der Waals surface area contributed by atoms with E-state index >= 15 is 0 Å². The lowest BCUT2D eigenvalue weighted by molar-refractivity contribution is 0.349. The van der Waals surface area contributed by atoms with Crippen LogP contribution < -0.4 is 0 Å². The summed E-state index contributed by atoms with van der Waals surface area (Å²) in [4.78, 5) is 0. The summed E-state index contributed by atoms with van der Waals surface area (Å²) >= 11 is 0. The molecule has 0 atom stereocenters. The van der Waals surface area contributed by atoms with E-state index in [9.17, 15) is 8.42 Å². The topological polar surface area (TPSA) is 85.0 Å². The molecule has 1 aliphatic rings. The fourth-order valence-corrected chi connectivity index (χ4v) is 4.38. The van der Waals surface area contributed by atoms with Crippen molar-refractivity contribution in [3.05, 3.63) is 35.4 Å². The minimum atomic E-state index is -3.51. The second-order valence-corrected chi connectivity index (χ2v) is 7.13. The van der Waals surface area contributed by atoms with Crippen LogP contribution in [0.2, 0.25) is 0 Å². The molecule has 5 nitrogen and oxygen atoms in total. The molecule has 0 N–H and O–H groups in total. The average Bonchev–Trinajstić information content (AvgIpc) is 2.98. The van der Waals surface area contributed by atoms with Crippen LogP contribution >= 0.6 is 0 Å². The zero-order valence-electron chi connectivity index (χ0n) is 11.7. The summed E-state index contributed by atoms with van der Waals surface area (Å²) in [5.41, 5.74) is 1.13. The zero-order valence-corrected chi connectivity index (χ0v) is 12.5. The van der Waals surface area contributed by atoms with Crippen LogP contribution in [-0.4, -0.2) is 25.3 Å². The quantitative estimate of drug-likeness (QED) is 0.780. The second-order valence-electron chi connectivity index (χ2n) is 5.21. The van der Waals surface area contributed by atoms with Crippen molar-refractivity contribution in [2.45, 2.75) is 37.5 Å². The van der Waals surface area contributed by atoms with Crippen LogP contribution in [-0.2, 0) is 15.8 Å². The number of rotatable bonds is 5. The molecule has 1 saturated carbocycles. The third-order valence-corrected chi connectivity index (χ3v) is 5.59. The molecule has 2 rings (SSSR count). The van der Waals surface area contributed by atoms with Gasteiger partial charge in [-0.05, 0) is 30.5 Å². The molecule has 0 saturated heterocycles. The second kappa shape index (κ2) is 6.71. The Hall–Kier alpha value is -1.89. The first-order chi connectivity index (χ1) is 10.1. The van der Waals surface area contributed by atoms with Crippen molar-refractivity contribution in [2.75, 3.05) is 6.54 Å². The summed E-state index contributed by atoms with van der Waals surface area (Å²) in [6.45, 7) is -0.0940. The highest BCUT2D eigenvalue weighted by Crippen LogP contribution is 2.26. The van der Waals surface area contributed by atoms with Crippen LogP contribution in [0.15, 0.2) is 24.3 Å². The Balaban J connectivity index is 2.17. The van der Waals surface area contributed by atoms with E-state index in [1.165, 1.54) is 4.31 Å². The number of sulfonamides is 1. The van der Waals surface area contributed by atoms with Crippen molar-refractivity contribution < 1.29 is 8.42 Å². The van der Waals surface area contributed by atoms with Gasteiger partial charge < -0.3 is 0 Å². The molecule has 1 fully saturated rings. The molecule has 1 aromatic rings. The highest BCUT2D eigenvalue weighted by molar-refractivity contribution is 7.88.